The molecular weight excluding hydrogens is 501 g/mol. The molecule has 1 atom stereocenters. The summed E-state index contributed by atoms with van der Waals surface area (Å²) in [5.41, 5.74) is -3.02. The molecule has 1 amide bonds. The third kappa shape index (κ3) is 5.08. The number of nitrogens with one attached hydrogen (secondary N) is 2. The molecule has 36 heavy (non-hydrogen) atoms. The average Bonchev–Trinajstić information content (AvgIpc) is 3.51. The molecule has 1 unspecified atom stereocenters. The normalized spacial score (nSPS) is 12.9. The number of thiophene rings is 1. The molecule has 0 bridgehead atoms. The second-order valence-electron chi connectivity index (χ2n) is 7.34. The second kappa shape index (κ2) is 10.9. The number of alkyl halides is 3. The third-order valence-corrected chi connectivity index (χ3v) is 6.36. The molecule has 0 aliphatic carbocycles. The van der Waals surface area contributed by atoms with Gasteiger partial charge in [0.1, 0.15) is 10.6 Å². The van der Waals surface area contributed by atoms with Gasteiger partial charge in [0.05, 0.1) is 20.0 Å². The van der Waals surface area contributed by atoms with E-state index in [-0.39, 0.29) is 17.2 Å². The lowest BCUT2D eigenvalue weighted by molar-refractivity contribution is -0.203. The summed E-state index contributed by atoms with van der Waals surface area (Å²) in [6.45, 7) is 3.28. The van der Waals surface area contributed by atoms with Gasteiger partial charge >= 0.3 is 23.8 Å². The summed E-state index contributed by atoms with van der Waals surface area (Å²) in [5.74, 6) is -4.54. The highest BCUT2D eigenvalue weighted by atomic mass is 32.1. The summed E-state index contributed by atoms with van der Waals surface area (Å²) in [7, 11) is 0.747. The number of methoxy groups -OCH3 is 1. The molecule has 0 spiro atoms. The highest BCUT2D eigenvalue weighted by Gasteiger charge is 2.64. The first-order chi connectivity index (χ1) is 17.1. The van der Waals surface area contributed by atoms with E-state index in [0.717, 1.165) is 30.8 Å². The van der Waals surface area contributed by atoms with Crippen LogP contribution in [0.3, 0.4) is 0 Å². The summed E-state index contributed by atoms with van der Waals surface area (Å²) < 4.78 is 58.2. The predicted molar refractivity (Wildman–Crippen MR) is 126 cm³/mol. The minimum atomic E-state index is -5.41. The zero-order valence-corrected chi connectivity index (χ0v) is 20.3. The number of furan rings is 1. The van der Waals surface area contributed by atoms with Gasteiger partial charge in [-0.2, -0.15) is 13.2 Å². The molecular formula is C24H23F3N2O6S. The molecule has 0 aliphatic heterocycles. The summed E-state index contributed by atoms with van der Waals surface area (Å²) in [5, 5.41) is 3.43. The first-order valence-electron chi connectivity index (χ1n) is 10.8. The van der Waals surface area contributed by atoms with E-state index in [4.69, 9.17) is 9.15 Å². The van der Waals surface area contributed by atoms with Gasteiger partial charge in [-0.1, -0.05) is 37.3 Å². The average molecular weight is 525 g/mol. The number of hydrogen-bond acceptors (Lipinski definition) is 8. The topological polar surface area (TPSA) is 107 Å². The van der Waals surface area contributed by atoms with Crippen LogP contribution in [-0.2, 0) is 20.7 Å². The van der Waals surface area contributed by atoms with Crippen LogP contribution in [0.15, 0.2) is 53.1 Å². The Kier molecular flexibility index (Phi) is 8.08. The van der Waals surface area contributed by atoms with Crippen molar-refractivity contribution in [3.8, 4) is 11.1 Å². The molecule has 0 radical (unpaired) electrons. The number of aryl methyl sites for hydroxylation is 1. The number of benzene rings is 1. The maximum Gasteiger partial charge on any atom is 0.441 e. The Hall–Kier alpha value is -3.80. The summed E-state index contributed by atoms with van der Waals surface area (Å²) in [6, 6.07) is 11.0. The molecule has 0 aliphatic rings. The van der Waals surface area contributed by atoms with Gasteiger partial charge in [0.15, 0.2) is 5.76 Å². The number of ether oxygens (including phenoxy) is 2. The number of carbonyl (C=O) groups excluding carboxylic acids is 3. The Morgan fingerprint density at radius 2 is 1.75 bits per heavy atom. The number of rotatable bonds is 9. The van der Waals surface area contributed by atoms with Gasteiger partial charge in [0.2, 0.25) is 0 Å². The molecule has 192 valence electrons. The monoisotopic (exact) mass is 524 g/mol. The number of esters is 2. The number of hydrogen-bond donors (Lipinski definition) is 2. The van der Waals surface area contributed by atoms with Crippen molar-refractivity contribution in [2.24, 2.45) is 0 Å². The summed E-state index contributed by atoms with van der Waals surface area (Å²) >= 11 is 0.836. The number of amides is 1. The van der Waals surface area contributed by atoms with Crippen molar-refractivity contribution in [3.63, 3.8) is 0 Å². The number of anilines is 1. The van der Waals surface area contributed by atoms with E-state index in [0.29, 0.717) is 22.4 Å². The van der Waals surface area contributed by atoms with E-state index in [1.165, 1.54) is 6.07 Å². The van der Waals surface area contributed by atoms with E-state index < -0.39 is 35.4 Å². The Morgan fingerprint density at radius 1 is 1.06 bits per heavy atom. The maximum absolute atomic E-state index is 14.6. The van der Waals surface area contributed by atoms with Gasteiger partial charge in [0, 0.05) is 10.4 Å². The van der Waals surface area contributed by atoms with Gasteiger partial charge in [-0.15, -0.1) is 11.3 Å². The van der Waals surface area contributed by atoms with Crippen LogP contribution in [0, 0.1) is 0 Å². The molecule has 2 N–H and O–H groups in total. The molecule has 1 aromatic carbocycles. The van der Waals surface area contributed by atoms with E-state index in [2.05, 4.69) is 10.1 Å². The third-order valence-electron chi connectivity index (χ3n) is 5.11. The van der Waals surface area contributed by atoms with Crippen molar-refractivity contribution in [3.05, 3.63) is 64.9 Å². The standard InChI is InChI=1S/C24H23F3N2O6S/c1-4-16-17(14-10-7-6-8-11-14)18(21(31)34-5-2)20(36-16)29-23(22(32)33-3,24(25,26)27)28-19(30)15-12-9-13-35-15/h6-13,29H,4-5H2,1-3H3,(H,28,30). The van der Waals surface area contributed by atoms with Gasteiger partial charge in [0.25, 0.3) is 5.91 Å². The Balaban J connectivity index is 2.24. The number of carbonyl (C=O) groups is 3. The van der Waals surface area contributed by atoms with Crippen LogP contribution in [0.25, 0.3) is 11.1 Å². The minimum absolute atomic E-state index is 0.0412. The second-order valence-corrected chi connectivity index (χ2v) is 8.45. The molecule has 8 nitrogen and oxygen atoms in total. The molecule has 12 heteroatoms. The number of halogens is 3. The quantitative estimate of drug-likeness (QED) is 0.299. The van der Waals surface area contributed by atoms with Crippen LogP contribution in [-0.4, -0.2) is 43.4 Å². The van der Waals surface area contributed by atoms with Crippen molar-refractivity contribution in [1.29, 1.82) is 0 Å². The van der Waals surface area contributed by atoms with Crippen LogP contribution in [0.5, 0.6) is 0 Å². The van der Waals surface area contributed by atoms with Crippen LogP contribution in [0.4, 0.5) is 18.2 Å². The lowest BCUT2D eigenvalue weighted by atomic mass is 9.99. The zero-order valence-electron chi connectivity index (χ0n) is 19.5. The van der Waals surface area contributed by atoms with Crippen LogP contribution in [0.2, 0.25) is 0 Å². The summed E-state index contributed by atoms with van der Waals surface area (Å²) in [6.07, 6.45) is -3.95. The fourth-order valence-electron chi connectivity index (χ4n) is 3.48. The molecule has 0 fully saturated rings. The highest BCUT2D eigenvalue weighted by Crippen LogP contribution is 2.44. The fourth-order valence-corrected chi connectivity index (χ4v) is 4.68. The minimum Gasteiger partial charge on any atom is -0.466 e. The molecule has 2 heterocycles. The molecule has 2 aromatic heterocycles. The first kappa shape index (κ1) is 26.8. The summed E-state index contributed by atoms with van der Waals surface area (Å²) in [4.78, 5) is 38.9. The van der Waals surface area contributed by atoms with Crippen molar-refractivity contribution in [2.75, 3.05) is 19.0 Å². The van der Waals surface area contributed by atoms with Gasteiger partial charge < -0.3 is 24.5 Å². The van der Waals surface area contributed by atoms with Gasteiger partial charge in [-0.25, -0.2) is 9.59 Å². The van der Waals surface area contributed by atoms with Crippen molar-refractivity contribution in [2.45, 2.75) is 32.1 Å². The van der Waals surface area contributed by atoms with Crippen molar-refractivity contribution >= 4 is 34.2 Å². The fraction of sp³-hybridized carbons (Fsp3) is 0.292. The van der Waals surface area contributed by atoms with Crippen LogP contribution in [0.1, 0.15) is 39.6 Å². The van der Waals surface area contributed by atoms with Gasteiger partial charge in [-0.05, 0) is 31.0 Å². The molecule has 3 rings (SSSR count). The Morgan fingerprint density at radius 3 is 2.28 bits per heavy atom. The van der Waals surface area contributed by atoms with Crippen molar-refractivity contribution < 1.29 is 41.4 Å². The predicted octanol–water partition coefficient (Wildman–Crippen LogP) is 5.02. The SMILES string of the molecule is CCOC(=O)c1c(NC(NC(=O)c2ccco2)(C(=O)OC)C(F)(F)F)sc(CC)c1-c1ccccc1. The van der Waals surface area contributed by atoms with E-state index in [9.17, 15) is 27.6 Å². The molecule has 3 aromatic rings. The van der Waals surface area contributed by atoms with Crippen LogP contribution < -0.4 is 10.6 Å². The Labute approximate surface area is 208 Å². The lowest BCUT2D eigenvalue weighted by Crippen LogP contribution is -2.69. The molecule has 0 saturated heterocycles. The molecule has 0 saturated carbocycles. The van der Waals surface area contributed by atoms with Crippen molar-refractivity contribution in [1.82, 2.24) is 5.32 Å². The van der Waals surface area contributed by atoms with E-state index in [1.54, 1.807) is 49.5 Å². The largest absolute Gasteiger partial charge is 0.466 e. The van der Waals surface area contributed by atoms with Crippen LogP contribution >= 0.6 is 11.3 Å². The smallest absolute Gasteiger partial charge is 0.441 e. The lowest BCUT2D eigenvalue weighted by Gasteiger charge is -2.34. The maximum atomic E-state index is 14.6. The highest BCUT2D eigenvalue weighted by molar-refractivity contribution is 7.17. The first-order valence-corrected chi connectivity index (χ1v) is 11.6. The van der Waals surface area contributed by atoms with E-state index in [1.807, 2.05) is 0 Å². The van der Waals surface area contributed by atoms with Gasteiger partial charge in [-0.3, -0.25) is 4.79 Å². The zero-order chi connectivity index (χ0) is 26.5. The Bertz CT molecular complexity index is 1220. The van der Waals surface area contributed by atoms with E-state index >= 15 is 0 Å².